The first kappa shape index (κ1) is 17.5. The zero-order valence-corrected chi connectivity index (χ0v) is 15.0. The summed E-state index contributed by atoms with van der Waals surface area (Å²) < 4.78 is 1.28. The van der Waals surface area contributed by atoms with Crippen LogP contribution in [0.4, 0.5) is 5.69 Å². The number of non-ortho nitro benzene ring substituents is 1. The lowest BCUT2D eigenvalue weighted by Gasteiger charge is -2.15. The normalized spacial score (nSPS) is 11.4. The maximum absolute atomic E-state index is 11.9. The summed E-state index contributed by atoms with van der Waals surface area (Å²) in [5.41, 5.74) is 1.09. The highest BCUT2D eigenvalue weighted by atomic mass is 35.5. The molecule has 25 heavy (non-hydrogen) atoms. The van der Waals surface area contributed by atoms with E-state index in [1.54, 1.807) is 6.92 Å². The molecule has 130 valence electrons. The molecule has 0 aliphatic carbocycles. The van der Waals surface area contributed by atoms with Gasteiger partial charge in [-0.25, -0.2) is 4.98 Å². The number of hydrogen-bond donors (Lipinski definition) is 0. The van der Waals surface area contributed by atoms with Gasteiger partial charge in [0.05, 0.1) is 11.5 Å². The van der Waals surface area contributed by atoms with Gasteiger partial charge in [0.15, 0.2) is 0 Å². The van der Waals surface area contributed by atoms with Gasteiger partial charge in [0.25, 0.3) is 11.2 Å². The Morgan fingerprint density at radius 2 is 2.12 bits per heavy atom. The molecular weight excluding hydrogens is 366 g/mol. The van der Waals surface area contributed by atoms with E-state index < -0.39 is 4.92 Å². The summed E-state index contributed by atoms with van der Waals surface area (Å²) in [5.74, 6) is 0. The van der Waals surface area contributed by atoms with Crippen molar-refractivity contribution in [3.8, 4) is 0 Å². The Morgan fingerprint density at radius 3 is 2.84 bits per heavy atom. The van der Waals surface area contributed by atoms with Gasteiger partial charge in [-0.15, -0.1) is 0 Å². The molecule has 0 saturated carbocycles. The summed E-state index contributed by atoms with van der Waals surface area (Å²) in [5, 5.41) is 16.4. The van der Waals surface area contributed by atoms with Crippen LogP contribution in [0, 0.1) is 17.0 Å². The molecule has 3 rings (SSSR count). The van der Waals surface area contributed by atoms with Crippen molar-refractivity contribution >= 4 is 33.6 Å². The molecule has 0 saturated heterocycles. The number of halogens is 1. The van der Waals surface area contributed by atoms with Crippen molar-refractivity contribution in [2.45, 2.75) is 20.0 Å². The number of rotatable bonds is 5. The van der Waals surface area contributed by atoms with Crippen LogP contribution in [0.3, 0.4) is 0 Å². The van der Waals surface area contributed by atoms with Crippen molar-refractivity contribution in [1.82, 2.24) is 19.5 Å². The molecule has 2 heterocycles. The average Bonchev–Trinajstić information content (AvgIpc) is 2.91. The molecule has 0 unspecified atom stereocenters. The van der Waals surface area contributed by atoms with E-state index in [9.17, 15) is 14.9 Å². The molecule has 2 aromatic heterocycles. The van der Waals surface area contributed by atoms with Crippen LogP contribution in [-0.4, -0.2) is 31.5 Å². The first-order valence-electron chi connectivity index (χ1n) is 7.31. The Bertz CT molecular complexity index is 1020. The highest BCUT2D eigenvalue weighted by Gasteiger charge is 2.14. The van der Waals surface area contributed by atoms with Crippen molar-refractivity contribution in [3.05, 3.63) is 66.0 Å². The molecule has 3 aromatic rings. The maximum Gasteiger partial charge on any atom is 0.275 e. The number of hydrogen-bond acceptors (Lipinski definition) is 7. The Hall–Kier alpha value is -2.36. The topological polar surface area (TPSA) is 93.6 Å². The first-order valence-corrected chi connectivity index (χ1v) is 8.50. The third kappa shape index (κ3) is 3.84. The smallest absolute Gasteiger partial charge is 0.275 e. The number of nitro benzene ring substituents is 1. The molecule has 0 bridgehead atoms. The van der Waals surface area contributed by atoms with Crippen molar-refractivity contribution in [2.24, 2.45) is 0 Å². The predicted molar refractivity (Wildman–Crippen MR) is 95.1 cm³/mol. The van der Waals surface area contributed by atoms with Crippen LogP contribution in [0.5, 0.6) is 0 Å². The third-order valence-electron chi connectivity index (χ3n) is 3.50. The molecular formula is C15H14ClN5O3S. The Morgan fingerprint density at radius 1 is 1.36 bits per heavy atom. The van der Waals surface area contributed by atoms with Gasteiger partial charge in [-0.2, -0.15) is 9.61 Å². The van der Waals surface area contributed by atoms with Crippen LogP contribution in [0.2, 0.25) is 5.02 Å². The van der Waals surface area contributed by atoms with Crippen LogP contribution in [-0.2, 0) is 13.1 Å². The largest absolute Gasteiger partial charge is 0.295 e. The minimum atomic E-state index is -0.451. The highest BCUT2D eigenvalue weighted by Crippen LogP contribution is 2.24. The fraction of sp³-hybridized carbons (Fsp3) is 0.267. The van der Waals surface area contributed by atoms with Gasteiger partial charge < -0.3 is 0 Å². The molecule has 0 spiro atoms. The Balaban J connectivity index is 1.80. The number of aromatic nitrogens is 3. The number of nitro groups is 1. The zero-order valence-electron chi connectivity index (χ0n) is 13.5. The lowest BCUT2D eigenvalue weighted by atomic mass is 10.2. The first-order chi connectivity index (χ1) is 11.8. The highest BCUT2D eigenvalue weighted by molar-refractivity contribution is 7.16. The van der Waals surface area contributed by atoms with E-state index >= 15 is 0 Å². The summed E-state index contributed by atoms with van der Waals surface area (Å²) in [4.78, 5) is 29.1. The van der Waals surface area contributed by atoms with Crippen LogP contribution >= 0.6 is 22.9 Å². The lowest BCUT2D eigenvalue weighted by molar-refractivity contribution is -0.384. The van der Waals surface area contributed by atoms with E-state index in [1.807, 2.05) is 11.9 Å². The fourth-order valence-corrected chi connectivity index (χ4v) is 3.60. The molecule has 0 aliphatic heterocycles. The van der Waals surface area contributed by atoms with E-state index in [4.69, 9.17) is 11.6 Å². The second-order valence-electron chi connectivity index (χ2n) is 5.63. The minimum Gasteiger partial charge on any atom is -0.295 e. The van der Waals surface area contributed by atoms with E-state index in [0.29, 0.717) is 34.3 Å². The van der Waals surface area contributed by atoms with Crippen molar-refractivity contribution in [2.75, 3.05) is 7.05 Å². The van der Waals surface area contributed by atoms with Crippen molar-refractivity contribution in [3.63, 3.8) is 0 Å². The van der Waals surface area contributed by atoms with Gasteiger partial charge >= 0.3 is 0 Å². The monoisotopic (exact) mass is 379 g/mol. The second-order valence-corrected chi connectivity index (χ2v) is 7.08. The average molecular weight is 380 g/mol. The van der Waals surface area contributed by atoms with E-state index in [1.165, 1.54) is 40.1 Å². The summed E-state index contributed by atoms with van der Waals surface area (Å²) in [6.45, 7) is 2.64. The van der Waals surface area contributed by atoms with Gasteiger partial charge in [-0.1, -0.05) is 22.9 Å². The van der Waals surface area contributed by atoms with Gasteiger partial charge in [0, 0.05) is 35.5 Å². The third-order valence-corrected chi connectivity index (χ3v) is 4.76. The molecule has 8 nitrogen and oxygen atoms in total. The zero-order chi connectivity index (χ0) is 18.1. The molecule has 0 radical (unpaired) electrons. The molecule has 0 fully saturated rings. The van der Waals surface area contributed by atoms with Gasteiger partial charge in [0.2, 0.25) is 4.96 Å². The summed E-state index contributed by atoms with van der Waals surface area (Å²) in [6, 6.07) is 5.79. The second kappa shape index (κ2) is 6.87. The maximum atomic E-state index is 11.9. The number of benzene rings is 1. The number of nitrogens with zero attached hydrogens (tertiary/aromatic N) is 5. The summed E-state index contributed by atoms with van der Waals surface area (Å²) in [6.07, 6.45) is 0. The fourth-order valence-electron chi connectivity index (χ4n) is 2.40. The molecule has 1 aromatic carbocycles. The SMILES string of the molecule is Cc1cc(=O)n2nc(CN(C)Cc3cc([N+](=O)[O-])ccc3Cl)sc2n1. The summed E-state index contributed by atoms with van der Waals surface area (Å²) in [7, 11) is 1.85. The number of aryl methyl sites for hydroxylation is 1. The van der Waals surface area contributed by atoms with Crippen molar-refractivity contribution < 1.29 is 4.92 Å². The predicted octanol–water partition coefficient (Wildman–Crippen LogP) is 2.65. The van der Waals surface area contributed by atoms with Crippen LogP contribution < -0.4 is 5.56 Å². The van der Waals surface area contributed by atoms with E-state index in [-0.39, 0.29) is 11.2 Å². The molecule has 0 amide bonds. The molecule has 0 N–H and O–H groups in total. The van der Waals surface area contributed by atoms with Gasteiger partial charge in [-0.3, -0.25) is 19.8 Å². The Kier molecular flexibility index (Phi) is 4.80. The summed E-state index contributed by atoms with van der Waals surface area (Å²) >= 11 is 7.47. The molecule has 10 heteroatoms. The molecule has 0 atom stereocenters. The van der Waals surface area contributed by atoms with Crippen LogP contribution in [0.15, 0.2) is 29.1 Å². The lowest BCUT2D eigenvalue weighted by Crippen LogP contribution is -2.19. The van der Waals surface area contributed by atoms with E-state index in [2.05, 4.69) is 10.1 Å². The quantitative estimate of drug-likeness (QED) is 0.499. The van der Waals surface area contributed by atoms with Crippen LogP contribution in [0.25, 0.3) is 4.96 Å². The standard InChI is InChI=1S/C15H14ClN5O3S/c1-9-5-14(22)20-15(17-9)25-13(18-20)8-19(2)7-10-6-11(21(23)24)3-4-12(10)16/h3-6H,7-8H2,1-2H3. The van der Waals surface area contributed by atoms with Gasteiger partial charge in [-0.05, 0) is 25.6 Å². The Labute approximate surface area is 151 Å². The van der Waals surface area contributed by atoms with Gasteiger partial charge in [0.1, 0.15) is 5.01 Å². The number of fused-ring (bicyclic) bond motifs is 1. The van der Waals surface area contributed by atoms with Crippen molar-refractivity contribution in [1.29, 1.82) is 0 Å². The van der Waals surface area contributed by atoms with E-state index in [0.717, 1.165) is 5.01 Å². The molecule has 0 aliphatic rings. The van der Waals surface area contributed by atoms with Crippen LogP contribution in [0.1, 0.15) is 16.3 Å². The minimum absolute atomic E-state index is 0.000912.